The number of likely N-dealkylation sites (tertiary alicyclic amines) is 1. The molecule has 0 aliphatic carbocycles. The van der Waals surface area contributed by atoms with E-state index in [1.807, 2.05) is 21.7 Å². The van der Waals surface area contributed by atoms with Crippen molar-refractivity contribution < 1.29 is 23.5 Å². The van der Waals surface area contributed by atoms with Crippen LogP contribution < -0.4 is 14.2 Å². The number of aromatic nitrogens is 2. The van der Waals surface area contributed by atoms with Crippen LogP contribution in [0.2, 0.25) is 0 Å². The van der Waals surface area contributed by atoms with Gasteiger partial charge in [-0.2, -0.15) is 16.3 Å². The number of carbonyl (C=O) groups is 1. The zero-order valence-electron chi connectivity index (χ0n) is 17.8. The first-order valence-electron chi connectivity index (χ1n) is 10.1. The maximum atomic E-state index is 13.2. The molecule has 1 aliphatic heterocycles. The average Bonchev–Trinajstić information content (AvgIpc) is 3.50. The molecule has 1 aliphatic rings. The summed E-state index contributed by atoms with van der Waals surface area (Å²) in [5.41, 5.74) is 1.47. The van der Waals surface area contributed by atoms with Gasteiger partial charge in [0.1, 0.15) is 0 Å². The Morgan fingerprint density at radius 3 is 2.65 bits per heavy atom. The lowest BCUT2D eigenvalue weighted by atomic mass is 9.94. The van der Waals surface area contributed by atoms with E-state index in [2.05, 4.69) is 10.1 Å². The summed E-state index contributed by atoms with van der Waals surface area (Å²) >= 11 is 1.60. The fraction of sp³-hybridized carbons (Fsp3) is 0.409. The fourth-order valence-corrected chi connectivity index (χ4v) is 4.53. The van der Waals surface area contributed by atoms with Gasteiger partial charge in [-0.1, -0.05) is 5.16 Å². The Morgan fingerprint density at radius 1 is 1.23 bits per heavy atom. The molecule has 8 nitrogen and oxygen atoms in total. The van der Waals surface area contributed by atoms with Crippen molar-refractivity contribution in [2.75, 3.05) is 34.4 Å². The Kier molecular flexibility index (Phi) is 6.41. The van der Waals surface area contributed by atoms with Gasteiger partial charge in [0.15, 0.2) is 11.5 Å². The Morgan fingerprint density at radius 2 is 2.00 bits per heavy atom. The molecule has 3 heterocycles. The van der Waals surface area contributed by atoms with Crippen molar-refractivity contribution in [3.63, 3.8) is 0 Å². The molecular weight excluding hydrogens is 418 g/mol. The molecule has 0 spiro atoms. The van der Waals surface area contributed by atoms with E-state index < -0.39 is 0 Å². The minimum atomic E-state index is -0.0616. The molecule has 0 radical (unpaired) electrons. The minimum absolute atomic E-state index is 0.0616. The van der Waals surface area contributed by atoms with E-state index in [1.165, 1.54) is 14.2 Å². The van der Waals surface area contributed by atoms with Gasteiger partial charge in [0.25, 0.3) is 5.91 Å². The van der Waals surface area contributed by atoms with Crippen LogP contribution in [0.25, 0.3) is 11.4 Å². The van der Waals surface area contributed by atoms with Gasteiger partial charge in [-0.3, -0.25) is 4.79 Å². The van der Waals surface area contributed by atoms with Crippen LogP contribution in [-0.2, 0) is 6.42 Å². The van der Waals surface area contributed by atoms with Gasteiger partial charge in [0.2, 0.25) is 17.5 Å². The first-order valence-corrected chi connectivity index (χ1v) is 11.0. The highest BCUT2D eigenvalue weighted by molar-refractivity contribution is 7.08. The Labute approximate surface area is 184 Å². The van der Waals surface area contributed by atoms with E-state index in [0.717, 1.165) is 18.4 Å². The molecule has 0 saturated carbocycles. The first kappa shape index (κ1) is 21.2. The third-order valence-electron chi connectivity index (χ3n) is 5.43. The summed E-state index contributed by atoms with van der Waals surface area (Å²) < 4.78 is 21.6. The normalized spacial score (nSPS) is 16.2. The summed E-state index contributed by atoms with van der Waals surface area (Å²) in [6, 6.07) is 5.36. The predicted octanol–water partition coefficient (Wildman–Crippen LogP) is 3.92. The third-order valence-corrected chi connectivity index (χ3v) is 6.11. The SMILES string of the molecule is COc1cc(C(=O)N2CCCC(Cc3nc(-c4ccsc4)no3)C2)cc(OC)c1OC. The largest absolute Gasteiger partial charge is 0.493 e. The van der Waals surface area contributed by atoms with Crippen LogP contribution >= 0.6 is 11.3 Å². The monoisotopic (exact) mass is 443 g/mol. The summed E-state index contributed by atoms with van der Waals surface area (Å²) in [6.45, 7) is 1.33. The summed E-state index contributed by atoms with van der Waals surface area (Å²) in [4.78, 5) is 19.6. The van der Waals surface area contributed by atoms with Gasteiger partial charge >= 0.3 is 0 Å². The van der Waals surface area contributed by atoms with E-state index in [-0.39, 0.29) is 11.8 Å². The molecule has 9 heteroatoms. The molecule has 31 heavy (non-hydrogen) atoms. The summed E-state index contributed by atoms with van der Waals surface area (Å²) in [7, 11) is 4.62. The second-order valence-electron chi connectivity index (χ2n) is 7.40. The Hall–Kier alpha value is -3.07. The maximum Gasteiger partial charge on any atom is 0.254 e. The minimum Gasteiger partial charge on any atom is -0.493 e. The smallest absolute Gasteiger partial charge is 0.254 e. The van der Waals surface area contributed by atoms with Crippen molar-refractivity contribution >= 4 is 17.2 Å². The fourth-order valence-electron chi connectivity index (χ4n) is 3.90. The highest BCUT2D eigenvalue weighted by Crippen LogP contribution is 2.38. The lowest BCUT2D eigenvalue weighted by Crippen LogP contribution is -2.40. The number of piperidine rings is 1. The van der Waals surface area contributed by atoms with Crippen LogP contribution in [0.4, 0.5) is 0 Å². The van der Waals surface area contributed by atoms with Crippen molar-refractivity contribution in [1.29, 1.82) is 0 Å². The van der Waals surface area contributed by atoms with Crippen molar-refractivity contribution in [2.45, 2.75) is 19.3 Å². The van der Waals surface area contributed by atoms with Crippen LogP contribution in [0, 0.1) is 5.92 Å². The number of ether oxygens (including phenoxy) is 3. The predicted molar refractivity (Wildman–Crippen MR) is 116 cm³/mol. The van der Waals surface area contributed by atoms with Crippen LogP contribution in [-0.4, -0.2) is 55.4 Å². The molecule has 3 aromatic rings. The van der Waals surface area contributed by atoms with Crippen molar-refractivity contribution in [3.8, 4) is 28.6 Å². The standard InChI is InChI=1S/C22H25N3O5S/c1-27-17-10-16(11-18(28-2)20(17)29-3)22(26)25-7-4-5-14(12-25)9-19-23-21(24-30-19)15-6-8-31-13-15/h6,8,10-11,13-14H,4-5,7,9,12H2,1-3H3. The lowest BCUT2D eigenvalue weighted by Gasteiger charge is -2.32. The number of benzene rings is 1. The highest BCUT2D eigenvalue weighted by atomic mass is 32.1. The van der Waals surface area contributed by atoms with Crippen LogP contribution in [0.1, 0.15) is 29.1 Å². The lowest BCUT2D eigenvalue weighted by molar-refractivity contribution is 0.0667. The maximum absolute atomic E-state index is 13.2. The zero-order valence-corrected chi connectivity index (χ0v) is 18.6. The molecule has 1 saturated heterocycles. The number of carbonyl (C=O) groups excluding carboxylic acids is 1. The molecule has 0 bridgehead atoms. The first-order chi connectivity index (χ1) is 15.1. The van der Waals surface area contributed by atoms with Gasteiger partial charge in [-0.15, -0.1) is 0 Å². The van der Waals surface area contributed by atoms with Gasteiger partial charge < -0.3 is 23.6 Å². The molecule has 0 N–H and O–H groups in total. The summed E-state index contributed by atoms with van der Waals surface area (Å²) in [5.74, 6) is 2.81. The van der Waals surface area contributed by atoms with E-state index in [9.17, 15) is 4.79 Å². The highest BCUT2D eigenvalue weighted by Gasteiger charge is 2.28. The number of hydrogen-bond acceptors (Lipinski definition) is 8. The zero-order chi connectivity index (χ0) is 21.8. The molecule has 1 unspecified atom stereocenters. The molecule has 1 aromatic carbocycles. The van der Waals surface area contributed by atoms with E-state index >= 15 is 0 Å². The topological polar surface area (TPSA) is 86.9 Å². The molecule has 1 fully saturated rings. The van der Waals surface area contributed by atoms with E-state index in [0.29, 0.717) is 54.0 Å². The molecular formula is C22H25N3O5S. The van der Waals surface area contributed by atoms with Crippen LogP contribution in [0.3, 0.4) is 0 Å². The third kappa shape index (κ3) is 4.51. The van der Waals surface area contributed by atoms with Crippen LogP contribution in [0.15, 0.2) is 33.5 Å². The van der Waals surface area contributed by atoms with Crippen molar-refractivity contribution in [1.82, 2.24) is 15.0 Å². The van der Waals surface area contributed by atoms with E-state index in [1.54, 1.807) is 30.6 Å². The van der Waals surface area contributed by atoms with Crippen LogP contribution in [0.5, 0.6) is 17.2 Å². The molecule has 4 rings (SSSR count). The van der Waals surface area contributed by atoms with Crippen molar-refractivity contribution in [3.05, 3.63) is 40.4 Å². The second-order valence-corrected chi connectivity index (χ2v) is 8.18. The number of rotatable bonds is 7. The van der Waals surface area contributed by atoms with E-state index in [4.69, 9.17) is 18.7 Å². The van der Waals surface area contributed by atoms with Gasteiger partial charge in [0.05, 0.1) is 21.3 Å². The summed E-state index contributed by atoms with van der Waals surface area (Å²) in [6.07, 6.45) is 2.58. The molecule has 1 atom stereocenters. The van der Waals surface area contributed by atoms with Crippen molar-refractivity contribution in [2.24, 2.45) is 5.92 Å². The second kappa shape index (κ2) is 9.38. The Bertz CT molecular complexity index is 1010. The molecule has 164 valence electrons. The Balaban J connectivity index is 1.46. The van der Waals surface area contributed by atoms with Gasteiger partial charge in [0, 0.05) is 36.0 Å². The number of methoxy groups -OCH3 is 3. The summed E-state index contributed by atoms with van der Waals surface area (Å²) in [5, 5.41) is 8.06. The number of thiophene rings is 1. The van der Waals surface area contributed by atoms with Gasteiger partial charge in [-0.25, -0.2) is 0 Å². The van der Waals surface area contributed by atoms with Gasteiger partial charge in [-0.05, 0) is 42.3 Å². The molecule has 2 aromatic heterocycles. The number of amides is 1. The number of hydrogen-bond donors (Lipinski definition) is 0. The number of nitrogens with zero attached hydrogens (tertiary/aromatic N) is 3. The molecule has 1 amide bonds. The average molecular weight is 444 g/mol. The quantitative estimate of drug-likeness (QED) is 0.547.